The van der Waals surface area contributed by atoms with Crippen LogP contribution in [0.2, 0.25) is 0 Å². The number of aliphatic hydroxyl groups excluding tert-OH is 2. The molecule has 1 aliphatic carbocycles. The standard InChI is InChI=1S/C28H56N6O4/c1-14(6-7-19(13-35)34-17(4)16(3)29)8-25-27(33-5)15(2)28-26(37-25)12-22(32)24(38-28)10-18-9-23(36)21(31)11-20(18)30/h14-16,18-28,33-36H,4,6-13,29-32H2,1-3,5H3/t14?,15?,16-,18?,19?,20?,21?,22?,23?,24?,25?,26?,27?,28?/m1/s1. The van der Waals surface area contributed by atoms with E-state index in [-0.39, 0.29) is 79.1 Å². The Morgan fingerprint density at radius 1 is 1.03 bits per heavy atom. The van der Waals surface area contributed by atoms with E-state index in [4.69, 9.17) is 32.4 Å². The van der Waals surface area contributed by atoms with Crippen molar-refractivity contribution in [1.29, 1.82) is 0 Å². The van der Waals surface area contributed by atoms with Crippen LogP contribution in [0.25, 0.3) is 0 Å². The minimum absolute atomic E-state index is 0.0389. The van der Waals surface area contributed by atoms with Crippen LogP contribution in [0, 0.1) is 17.8 Å². The second kappa shape index (κ2) is 14.2. The van der Waals surface area contributed by atoms with E-state index < -0.39 is 6.10 Å². The van der Waals surface area contributed by atoms with Gasteiger partial charge in [0.15, 0.2) is 0 Å². The summed E-state index contributed by atoms with van der Waals surface area (Å²) < 4.78 is 13.3. The summed E-state index contributed by atoms with van der Waals surface area (Å²) in [6, 6.07) is -0.486. The maximum Gasteiger partial charge on any atom is 0.0883 e. The summed E-state index contributed by atoms with van der Waals surface area (Å²) in [7, 11) is 1.99. The van der Waals surface area contributed by atoms with Gasteiger partial charge in [-0.2, -0.15) is 0 Å². The smallest absolute Gasteiger partial charge is 0.0883 e. The van der Waals surface area contributed by atoms with Gasteiger partial charge in [0.1, 0.15) is 0 Å². The van der Waals surface area contributed by atoms with Gasteiger partial charge in [0.05, 0.1) is 37.1 Å². The predicted molar refractivity (Wildman–Crippen MR) is 151 cm³/mol. The van der Waals surface area contributed by atoms with Gasteiger partial charge < -0.3 is 53.3 Å². The molecule has 1 saturated carbocycles. The van der Waals surface area contributed by atoms with Gasteiger partial charge in [-0.1, -0.05) is 20.4 Å². The topological polar surface area (TPSA) is 187 Å². The quantitative estimate of drug-likeness (QED) is 0.166. The van der Waals surface area contributed by atoms with Gasteiger partial charge in [-0.05, 0) is 70.8 Å². The first-order valence-electron chi connectivity index (χ1n) is 14.7. The highest BCUT2D eigenvalue weighted by Gasteiger charge is 2.49. The SMILES string of the molecule is C=C(NC(CO)CCC(C)CC1OC2CC(N)C(CC3CC(O)C(N)CC3N)OC2C(C)C1NC)[C@@H](C)N. The molecule has 10 nitrogen and oxygen atoms in total. The van der Waals surface area contributed by atoms with E-state index in [1.54, 1.807) is 0 Å². The van der Waals surface area contributed by atoms with Gasteiger partial charge in [0.2, 0.25) is 0 Å². The molecule has 3 fully saturated rings. The molecule has 0 aromatic carbocycles. The summed E-state index contributed by atoms with van der Waals surface area (Å²) in [6.45, 7) is 10.4. The number of nitrogens with two attached hydrogens (primary N) is 4. The van der Waals surface area contributed by atoms with Crippen molar-refractivity contribution in [3.05, 3.63) is 12.3 Å². The molecule has 0 aromatic rings. The van der Waals surface area contributed by atoms with Crippen LogP contribution in [-0.2, 0) is 9.47 Å². The van der Waals surface area contributed by atoms with Gasteiger partial charge in [0, 0.05) is 47.9 Å². The third-order valence-electron chi connectivity index (χ3n) is 9.37. The highest BCUT2D eigenvalue weighted by atomic mass is 16.6. The molecule has 2 saturated heterocycles. The fourth-order valence-corrected chi connectivity index (χ4v) is 6.77. The maximum absolute atomic E-state index is 10.3. The fourth-order valence-electron chi connectivity index (χ4n) is 6.77. The van der Waals surface area contributed by atoms with Crippen molar-refractivity contribution in [3.63, 3.8) is 0 Å². The summed E-state index contributed by atoms with van der Waals surface area (Å²) in [6.07, 6.45) is 4.76. The molecule has 14 atom stereocenters. The highest BCUT2D eigenvalue weighted by Crippen LogP contribution is 2.39. The van der Waals surface area contributed by atoms with Crippen molar-refractivity contribution in [3.8, 4) is 0 Å². The second-order valence-electron chi connectivity index (χ2n) is 12.5. The van der Waals surface area contributed by atoms with E-state index in [1.807, 2.05) is 14.0 Å². The minimum Gasteiger partial charge on any atom is -0.394 e. The number of ether oxygens (including phenoxy) is 2. The second-order valence-corrected chi connectivity index (χ2v) is 12.5. The lowest BCUT2D eigenvalue weighted by atomic mass is 9.75. The summed E-state index contributed by atoms with van der Waals surface area (Å²) >= 11 is 0. The average Bonchev–Trinajstić information content (AvgIpc) is 2.85. The van der Waals surface area contributed by atoms with E-state index in [9.17, 15) is 10.2 Å². The lowest BCUT2D eigenvalue weighted by Gasteiger charge is -2.52. The lowest BCUT2D eigenvalue weighted by molar-refractivity contribution is -0.227. The molecular weight excluding hydrogens is 484 g/mol. The first-order chi connectivity index (χ1) is 17.9. The van der Waals surface area contributed by atoms with E-state index in [1.165, 1.54) is 0 Å². The molecule has 13 unspecified atom stereocenters. The average molecular weight is 541 g/mol. The lowest BCUT2D eigenvalue weighted by Crippen LogP contribution is -2.64. The van der Waals surface area contributed by atoms with E-state index in [2.05, 4.69) is 31.1 Å². The van der Waals surface area contributed by atoms with Gasteiger partial charge in [-0.3, -0.25) is 0 Å². The summed E-state index contributed by atoms with van der Waals surface area (Å²) in [5.74, 6) is 0.815. The monoisotopic (exact) mass is 540 g/mol. The summed E-state index contributed by atoms with van der Waals surface area (Å²) in [4.78, 5) is 0. The van der Waals surface area contributed by atoms with Crippen molar-refractivity contribution in [1.82, 2.24) is 10.6 Å². The van der Waals surface area contributed by atoms with Crippen molar-refractivity contribution in [2.75, 3.05) is 13.7 Å². The Hall–Kier alpha value is -0.820. The van der Waals surface area contributed by atoms with Crippen molar-refractivity contribution in [2.24, 2.45) is 40.7 Å². The molecule has 0 bridgehead atoms. The Balaban J connectivity index is 1.56. The third kappa shape index (κ3) is 7.89. The zero-order chi connectivity index (χ0) is 28.1. The largest absolute Gasteiger partial charge is 0.394 e. The molecule has 0 aromatic heterocycles. The minimum atomic E-state index is -0.521. The van der Waals surface area contributed by atoms with Crippen LogP contribution in [0.5, 0.6) is 0 Å². The van der Waals surface area contributed by atoms with E-state index in [0.717, 1.165) is 37.8 Å². The molecule has 12 N–H and O–H groups in total. The van der Waals surface area contributed by atoms with Crippen LogP contribution in [0.4, 0.5) is 0 Å². The predicted octanol–water partition coefficient (Wildman–Crippen LogP) is -0.104. The molecule has 3 rings (SSSR count). The van der Waals surface area contributed by atoms with Crippen molar-refractivity contribution < 1.29 is 19.7 Å². The number of rotatable bonds is 12. The van der Waals surface area contributed by atoms with E-state index >= 15 is 0 Å². The Labute approximate surface area is 229 Å². The molecule has 10 heteroatoms. The number of hydrogen-bond donors (Lipinski definition) is 8. The van der Waals surface area contributed by atoms with E-state index in [0.29, 0.717) is 18.8 Å². The molecule has 0 spiro atoms. The van der Waals surface area contributed by atoms with Crippen LogP contribution in [-0.4, -0.2) is 90.6 Å². The van der Waals surface area contributed by atoms with Gasteiger partial charge >= 0.3 is 0 Å². The number of fused-ring (bicyclic) bond motifs is 1. The number of aliphatic hydroxyl groups is 2. The van der Waals surface area contributed by atoms with Crippen LogP contribution in [0.1, 0.15) is 65.7 Å². The number of hydrogen-bond acceptors (Lipinski definition) is 10. The Bertz CT molecular complexity index is 742. The molecule has 0 amide bonds. The van der Waals surface area contributed by atoms with Crippen molar-refractivity contribution >= 4 is 0 Å². The number of likely N-dealkylation sites (N-methyl/N-ethyl adjacent to an activating group) is 1. The van der Waals surface area contributed by atoms with Crippen LogP contribution >= 0.6 is 0 Å². The summed E-state index contributed by atoms with van der Waals surface area (Å²) in [5, 5.41) is 26.9. The van der Waals surface area contributed by atoms with Gasteiger partial charge in [-0.15, -0.1) is 0 Å². The zero-order valence-corrected chi connectivity index (χ0v) is 24.0. The van der Waals surface area contributed by atoms with Gasteiger partial charge in [0.25, 0.3) is 0 Å². The number of nitrogens with one attached hydrogen (secondary N) is 2. The molecule has 3 aliphatic rings. The van der Waals surface area contributed by atoms with Crippen LogP contribution in [0.15, 0.2) is 12.3 Å². The fraction of sp³-hybridized carbons (Fsp3) is 0.929. The zero-order valence-electron chi connectivity index (χ0n) is 24.0. The highest BCUT2D eigenvalue weighted by molar-refractivity contribution is 5.03. The normalized spacial score (nSPS) is 42.1. The van der Waals surface area contributed by atoms with Crippen molar-refractivity contribution in [2.45, 2.75) is 132 Å². The first kappa shape index (κ1) is 31.7. The Kier molecular flexibility index (Phi) is 11.8. The maximum atomic E-state index is 10.3. The van der Waals surface area contributed by atoms with Crippen LogP contribution in [0.3, 0.4) is 0 Å². The molecule has 2 aliphatic heterocycles. The van der Waals surface area contributed by atoms with Crippen LogP contribution < -0.4 is 33.6 Å². The molecule has 38 heavy (non-hydrogen) atoms. The Morgan fingerprint density at radius 3 is 2.37 bits per heavy atom. The van der Waals surface area contributed by atoms with Gasteiger partial charge in [-0.25, -0.2) is 0 Å². The molecule has 0 radical (unpaired) electrons. The molecular formula is C28H56N6O4. The first-order valence-corrected chi connectivity index (χ1v) is 14.7. The Morgan fingerprint density at radius 2 is 1.74 bits per heavy atom. The third-order valence-corrected chi connectivity index (χ3v) is 9.37. The molecule has 222 valence electrons. The summed E-state index contributed by atoms with van der Waals surface area (Å²) in [5.41, 5.74) is 25.7. The molecule has 2 heterocycles.